The number of nitrogens with zero attached hydrogens (tertiary/aromatic N) is 3. The van der Waals surface area contributed by atoms with Crippen LogP contribution in [0.2, 0.25) is 0 Å². The van der Waals surface area contributed by atoms with E-state index in [4.69, 9.17) is 4.74 Å². The van der Waals surface area contributed by atoms with Gasteiger partial charge in [-0.3, -0.25) is 4.79 Å². The Kier molecular flexibility index (Phi) is 7.06. The summed E-state index contributed by atoms with van der Waals surface area (Å²) in [5.74, 6) is 0.157. The first kappa shape index (κ1) is 25.3. The van der Waals surface area contributed by atoms with Crippen LogP contribution in [0, 0.1) is 12.7 Å². The largest absolute Gasteiger partial charge is 0.497 e. The van der Waals surface area contributed by atoms with E-state index in [-0.39, 0.29) is 23.3 Å². The molecule has 1 aliphatic rings. The SMILES string of the molecule is COc1cccc(-c2cc(C(=O)N3CCN(C(=O)NC(C)(C)C)CC3)c(C)n2-c2ccccc2F)c1. The summed E-state index contributed by atoms with van der Waals surface area (Å²) in [6.45, 7) is 9.39. The molecule has 0 unspecified atom stereocenters. The number of halogens is 1. The van der Waals surface area contributed by atoms with Crippen molar-refractivity contribution in [2.24, 2.45) is 0 Å². The van der Waals surface area contributed by atoms with Crippen molar-refractivity contribution in [3.8, 4) is 22.7 Å². The van der Waals surface area contributed by atoms with Crippen LogP contribution < -0.4 is 10.1 Å². The molecule has 1 aliphatic heterocycles. The van der Waals surface area contributed by atoms with Gasteiger partial charge in [-0.1, -0.05) is 24.3 Å². The highest BCUT2D eigenvalue weighted by atomic mass is 19.1. The van der Waals surface area contributed by atoms with Crippen LogP contribution >= 0.6 is 0 Å². The molecule has 3 aromatic rings. The highest BCUT2D eigenvalue weighted by molar-refractivity contribution is 5.97. The maximum absolute atomic E-state index is 14.9. The lowest BCUT2D eigenvalue weighted by Gasteiger charge is -2.36. The van der Waals surface area contributed by atoms with Gasteiger partial charge in [0.25, 0.3) is 5.91 Å². The van der Waals surface area contributed by atoms with Gasteiger partial charge in [0.15, 0.2) is 0 Å². The second kappa shape index (κ2) is 10.0. The molecule has 1 N–H and O–H groups in total. The van der Waals surface area contributed by atoms with Gasteiger partial charge >= 0.3 is 6.03 Å². The minimum Gasteiger partial charge on any atom is -0.497 e. The number of rotatable bonds is 4. The van der Waals surface area contributed by atoms with E-state index in [9.17, 15) is 14.0 Å². The Bertz CT molecular complexity index is 1270. The first-order valence-electron chi connectivity index (χ1n) is 12.1. The molecule has 0 saturated carbocycles. The van der Waals surface area contributed by atoms with Crippen molar-refractivity contribution in [2.75, 3.05) is 33.3 Å². The molecule has 1 fully saturated rings. The first-order valence-corrected chi connectivity index (χ1v) is 12.1. The third-order valence-electron chi connectivity index (χ3n) is 6.27. The number of nitrogens with one attached hydrogen (secondary N) is 1. The molecular weight excluding hydrogens is 459 g/mol. The molecule has 1 aromatic heterocycles. The highest BCUT2D eigenvalue weighted by Crippen LogP contribution is 2.33. The smallest absolute Gasteiger partial charge is 0.317 e. The normalized spacial score (nSPS) is 14.1. The number of urea groups is 1. The van der Waals surface area contributed by atoms with Gasteiger partial charge in [0.05, 0.1) is 24.1 Å². The summed E-state index contributed by atoms with van der Waals surface area (Å²) >= 11 is 0. The number of hydrogen-bond acceptors (Lipinski definition) is 3. The van der Waals surface area contributed by atoms with E-state index in [2.05, 4.69) is 5.32 Å². The molecule has 8 heteroatoms. The minimum atomic E-state index is -0.377. The second-order valence-corrected chi connectivity index (χ2v) is 10.0. The Morgan fingerprint density at radius 2 is 1.61 bits per heavy atom. The number of benzene rings is 2. The van der Waals surface area contributed by atoms with Crippen molar-refractivity contribution in [3.63, 3.8) is 0 Å². The number of aromatic nitrogens is 1. The molecule has 190 valence electrons. The van der Waals surface area contributed by atoms with Gasteiger partial charge in [-0.2, -0.15) is 0 Å². The fraction of sp³-hybridized carbons (Fsp3) is 0.357. The standard InChI is InChI=1S/C28H33FN4O3/c1-19-22(26(34)31-13-15-32(16-14-31)27(35)30-28(2,3)4)18-25(20-9-8-10-21(17-20)36-5)33(19)24-12-7-6-11-23(24)29/h6-12,17-18H,13-16H2,1-5H3,(H,30,35). The van der Waals surface area contributed by atoms with Gasteiger partial charge < -0.3 is 24.4 Å². The molecule has 4 rings (SSSR count). The van der Waals surface area contributed by atoms with Crippen LogP contribution in [0.3, 0.4) is 0 Å². The maximum atomic E-state index is 14.9. The lowest BCUT2D eigenvalue weighted by atomic mass is 10.1. The summed E-state index contributed by atoms with van der Waals surface area (Å²) in [6.07, 6.45) is 0. The number of para-hydroxylation sites is 1. The quantitative estimate of drug-likeness (QED) is 0.565. The summed E-state index contributed by atoms with van der Waals surface area (Å²) in [5.41, 5.74) is 2.70. The molecule has 0 atom stereocenters. The van der Waals surface area contributed by atoms with Crippen molar-refractivity contribution in [1.29, 1.82) is 0 Å². The Morgan fingerprint density at radius 3 is 2.25 bits per heavy atom. The highest BCUT2D eigenvalue weighted by Gasteiger charge is 2.29. The summed E-state index contributed by atoms with van der Waals surface area (Å²) in [5, 5.41) is 2.97. The third kappa shape index (κ3) is 5.22. The van der Waals surface area contributed by atoms with Crippen LogP contribution in [0.4, 0.5) is 9.18 Å². The van der Waals surface area contributed by atoms with Crippen LogP contribution in [0.25, 0.3) is 16.9 Å². The second-order valence-electron chi connectivity index (χ2n) is 10.0. The summed E-state index contributed by atoms with van der Waals surface area (Å²) in [7, 11) is 1.59. The molecule has 3 amide bonds. The summed E-state index contributed by atoms with van der Waals surface area (Å²) in [4.78, 5) is 29.6. The molecule has 0 radical (unpaired) electrons. The summed E-state index contributed by atoms with van der Waals surface area (Å²) in [6, 6.07) is 15.7. The van der Waals surface area contributed by atoms with Crippen molar-refractivity contribution in [2.45, 2.75) is 33.2 Å². The van der Waals surface area contributed by atoms with Crippen molar-refractivity contribution >= 4 is 11.9 Å². The Labute approximate surface area is 211 Å². The maximum Gasteiger partial charge on any atom is 0.317 e. The topological polar surface area (TPSA) is 66.8 Å². The van der Waals surface area contributed by atoms with Gasteiger partial charge in [0, 0.05) is 43.0 Å². The zero-order chi connectivity index (χ0) is 26.0. The lowest BCUT2D eigenvalue weighted by molar-refractivity contribution is 0.0660. The lowest BCUT2D eigenvalue weighted by Crippen LogP contribution is -2.56. The van der Waals surface area contributed by atoms with E-state index >= 15 is 0 Å². The number of carbonyl (C=O) groups is 2. The molecule has 36 heavy (non-hydrogen) atoms. The van der Waals surface area contributed by atoms with Crippen molar-refractivity contribution < 1.29 is 18.7 Å². The average molecular weight is 493 g/mol. The number of methoxy groups -OCH3 is 1. The zero-order valence-electron chi connectivity index (χ0n) is 21.5. The van der Waals surface area contributed by atoms with E-state index in [1.165, 1.54) is 6.07 Å². The molecule has 0 spiro atoms. The minimum absolute atomic E-state index is 0.128. The predicted octanol–water partition coefficient (Wildman–Crippen LogP) is 4.87. The number of piperazine rings is 1. The monoisotopic (exact) mass is 492 g/mol. The van der Waals surface area contributed by atoms with Crippen LogP contribution in [0.15, 0.2) is 54.6 Å². The number of hydrogen-bond donors (Lipinski definition) is 1. The average Bonchev–Trinajstić information content (AvgIpc) is 3.19. The van der Waals surface area contributed by atoms with Crippen molar-refractivity contribution in [1.82, 2.24) is 19.7 Å². The number of carbonyl (C=O) groups excluding carboxylic acids is 2. The van der Waals surface area contributed by atoms with E-state index in [0.29, 0.717) is 54.6 Å². The van der Waals surface area contributed by atoms with Gasteiger partial charge in [0.1, 0.15) is 11.6 Å². The molecule has 2 aromatic carbocycles. The first-order chi connectivity index (χ1) is 17.1. The molecule has 0 aliphatic carbocycles. The van der Waals surface area contributed by atoms with Gasteiger partial charge in [-0.25, -0.2) is 9.18 Å². The number of amides is 3. The molecule has 7 nitrogen and oxygen atoms in total. The molecular formula is C28H33FN4O3. The summed E-state index contributed by atoms with van der Waals surface area (Å²) < 4.78 is 22.1. The van der Waals surface area contributed by atoms with E-state index < -0.39 is 0 Å². The predicted molar refractivity (Wildman–Crippen MR) is 138 cm³/mol. The third-order valence-corrected chi connectivity index (χ3v) is 6.27. The number of ether oxygens (including phenoxy) is 1. The Balaban J connectivity index is 1.66. The van der Waals surface area contributed by atoms with Crippen LogP contribution in [0.5, 0.6) is 5.75 Å². The van der Waals surface area contributed by atoms with E-state index in [0.717, 1.165) is 5.56 Å². The molecule has 1 saturated heterocycles. The van der Waals surface area contributed by atoms with Gasteiger partial charge in [0.2, 0.25) is 0 Å². The Morgan fingerprint density at radius 1 is 0.944 bits per heavy atom. The van der Waals surface area contributed by atoms with Gasteiger partial charge in [-0.05, 0) is 58.0 Å². The van der Waals surface area contributed by atoms with Crippen LogP contribution in [-0.2, 0) is 0 Å². The Hall–Kier alpha value is -3.81. The van der Waals surface area contributed by atoms with Gasteiger partial charge in [-0.15, -0.1) is 0 Å². The van der Waals surface area contributed by atoms with E-state index in [1.807, 2.05) is 58.0 Å². The zero-order valence-corrected chi connectivity index (χ0v) is 21.5. The van der Waals surface area contributed by atoms with Crippen LogP contribution in [-0.4, -0.2) is 65.1 Å². The van der Waals surface area contributed by atoms with E-state index in [1.54, 1.807) is 39.7 Å². The molecule has 2 heterocycles. The molecule has 0 bridgehead atoms. The van der Waals surface area contributed by atoms with Crippen LogP contribution in [0.1, 0.15) is 36.8 Å². The van der Waals surface area contributed by atoms with Crippen molar-refractivity contribution in [3.05, 3.63) is 71.7 Å². The fourth-order valence-corrected chi connectivity index (χ4v) is 4.44. The fourth-order valence-electron chi connectivity index (χ4n) is 4.44.